The summed E-state index contributed by atoms with van der Waals surface area (Å²) in [6, 6.07) is 3.82. The molecule has 0 aliphatic carbocycles. The first kappa shape index (κ1) is 14.2. The number of amides is 1. The highest BCUT2D eigenvalue weighted by Gasteiger charge is 2.12. The topological polar surface area (TPSA) is 70.7 Å². The lowest BCUT2D eigenvalue weighted by molar-refractivity contribution is -0.121. The number of hydrogen-bond acceptors (Lipinski definition) is 3. The van der Waals surface area contributed by atoms with Gasteiger partial charge in [0.1, 0.15) is 0 Å². The van der Waals surface area contributed by atoms with Crippen molar-refractivity contribution in [2.24, 2.45) is 0 Å². The molecule has 0 aliphatic rings. The van der Waals surface area contributed by atoms with Crippen LogP contribution in [0.15, 0.2) is 24.5 Å². The molecule has 1 unspecified atom stereocenters. The Kier molecular flexibility index (Phi) is 4.50. The molecule has 0 bridgehead atoms. The van der Waals surface area contributed by atoms with E-state index in [4.69, 9.17) is 0 Å². The molecule has 0 spiro atoms. The van der Waals surface area contributed by atoms with Crippen LogP contribution in [0.1, 0.15) is 41.9 Å². The van der Waals surface area contributed by atoms with Crippen molar-refractivity contribution in [1.29, 1.82) is 0 Å². The summed E-state index contributed by atoms with van der Waals surface area (Å²) >= 11 is 0. The van der Waals surface area contributed by atoms with Crippen LogP contribution in [0.5, 0.6) is 0 Å². The summed E-state index contributed by atoms with van der Waals surface area (Å²) in [6.45, 7) is 5.91. The van der Waals surface area contributed by atoms with Gasteiger partial charge in [0.05, 0.1) is 11.7 Å². The van der Waals surface area contributed by atoms with Crippen LogP contribution in [0.25, 0.3) is 0 Å². The van der Waals surface area contributed by atoms with Crippen LogP contribution >= 0.6 is 0 Å². The van der Waals surface area contributed by atoms with Crippen molar-refractivity contribution in [3.05, 3.63) is 47.0 Å². The van der Waals surface area contributed by atoms with Crippen molar-refractivity contribution < 1.29 is 4.79 Å². The molecule has 2 aromatic rings. The number of carbonyl (C=O) groups is 1. The number of hydrogen-bond donors (Lipinski definition) is 2. The molecular formula is C15H20N4O. The summed E-state index contributed by atoms with van der Waals surface area (Å²) in [7, 11) is 0. The molecule has 0 aliphatic heterocycles. The Hall–Kier alpha value is -2.17. The molecule has 2 heterocycles. The first-order valence-corrected chi connectivity index (χ1v) is 6.77. The maximum atomic E-state index is 12.0. The van der Waals surface area contributed by atoms with Gasteiger partial charge in [0, 0.05) is 24.5 Å². The van der Waals surface area contributed by atoms with E-state index >= 15 is 0 Å². The predicted molar refractivity (Wildman–Crippen MR) is 77.2 cm³/mol. The van der Waals surface area contributed by atoms with E-state index in [1.807, 2.05) is 32.9 Å². The van der Waals surface area contributed by atoms with E-state index in [-0.39, 0.29) is 11.9 Å². The van der Waals surface area contributed by atoms with Crippen molar-refractivity contribution in [3.8, 4) is 0 Å². The van der Waals surface area contributed by atoms with Crippen molar-refractivity contribution >= 4 is 5.91 Å². The van der Waals surface area contributed by atoms with Gasteiger partial charge >= 0.3 is 0 Å². The Bertz CT molecular complexity index is 557. The normalized spacial score (nSPS) is 12.2. The quantitative estimate of drug-likeness (QED) is 0.876. The van der Waals surface area contributed by atoms with Crippen molar-refractivity contribution in [2.45, 2.75) is 39.7 Å². The zero-order chi connectivity index (χ0) is 14.5. The number of rotatable bonds is 5. The van der Waals surface area contributed by atoms with Crippen LogP contribution in [0, 0.1) is 13.8 Å². The summed E-state index contributed by atoms with van der Waals surface area (Å²) in [6.07, 6.45) is 4.64. The minimum absolute atomic E-state index is 0.00274. The molecule has 1 atom stereocenters. The van der Waals surface area contributed by atoms with Crippen LogP contribution in [0.4, 0.5) is 0 Å². The second kappa shape index (κ2) is 6.32. The Morgan fingerprint density at radius 3 is 2.65 bits per heavy atom. The van der Waals surface area contributed by atoms with Crippen molar-refractivity contribution in [1.82, 2.24) is 20.5 Å². The third-order valence-corrected chi connectivity index (χ3v) is 3.47. The van der Waals surface area contributed by atoms with Gasteiger partial charge < -0.3 is 5.32 Å². The van der Waals surface area contributed by atoms with Gasteiger partial charge in [-0.3, -0.25) is 14.9 Å². The molecule has 0 aromatic carbocycles. The van der Waals surface area contributed by atoms with E-state index in [1.165, 1.54) is 0 Å². The average Bonchev–Trinajstić information content (AvgIpc) is 2.77. The van der Waals surface area contributed by atoms with E-state index in [1.54, 1.807) is 12.4 Å². The van der Waals surface area contributed by atoms with Gasteiger partial charge in [-0.25, -0.2) is 0 Å². The van der Waals surface area contributed by atoms with E-state index < -0.39 is 0 Å². The van der Waals surface area contributed by atoms with Crippen LogP contribution < -0.4 is 5.32 Å². The lowest BCUT2D eigenvalue weighted by Crippen LogP contribution is -2.26. The molecular weight excluding hydrogens is 252 g/mol. The maximum absolute atomic E-state index is 12.0. The molecule has 20 heavy (non-hydrogen) atoms. The lowest BCUT2D eigenvalue weighted by Gasteiger charge is -2.14. The Morgan fingerprint density at radius 2 is 2.05 bits per heavy atom. The highest BCUT2D eigenvalue weighted by Crippen LogP contribution is 2.13. The predicted octanol–water partition coefficient (Wildman–Crippen LogP) is 2.23. The number of carbonyl (C=O) groups excluding carboxylic acids is 1. The van der Waals surface area contributed by atoms with Crippen molar-refractivity contribution in [2.75, 3.05) is 0 Å². The summed E-state index contributed by atoms with van der Waals surface area (Å²) in [4.78, 5) is 16.0. The zero-order valence-electron chi connectivity index (χ0n) is 12.1. The largest absolute Gasteiger partial charge is 0.350 e. The molecule has 1 amide bonds. The van der Waals surface area contributed by atoms with Crippen LogP contribution in [0.3, 0.4) is 0 Å². The first-order chi connectivity index (χ1) is 9.58. The third kappa shape index (κ3) is 3.44. The SMILES string of the molecule is Cc1n[nH]c(C)c1CCC(=O)NC(C)c1ccncc1. The van der Waals surface area contributed by atoms with Gasteiger partial charge in [-0.05, 0) is 50.5 Å². The Balaban J connectivity index is 1.87. The van der Waals surface area contributed by atoms with Crippen LogP contribution in [-0.4, -0.2) is 21.1 Å². The summed E-state index contributed by atoms with van der Waals surface area (Å²) in [5.41, 5.74) is 4.20. The fraction of sp³-hybridized carbons (Fsp3) is 0.400. The van der Waals surface area contributed by atoms with Gasteiger partial charge in [-0.2, -0.15) is 5.10 Å². The fourth-order valence-electron chi connectivity index (χ4n) is 2.23. The summed E-state index contributed by atoms with van der Waals surface area (Å²) < 4.78 is 0. The minimum Gasteiger partial charge on any atom is -0.350 e. The van der Waals surface area contributed by atoms with Crippen molar-refractivity contribution in [3.63, 3.8) is 0 Å². The number of nitrogens with one attached hydrogen (secondary N) is 2. The second-order valence-corrected chi connectivity index (χ2v) is 4.98. The maximum Gasteiger partial charge on any atom is 0.220 e. The van der Waals surface area contributed by atoms with Crippen LogP contribution in [0.2, 0.25) is 0 Å². The monoisotopic (exact) mass is 272 g/mol. The summed E-state index contributed by atoms with van der Waals surface area (Å²) in [5, 5.41) is 10.1. The molecule has 0 saturated carbocycles. The van der Waals surface area contributed by atoms with E-state index in [2.05, 4.69) is 20.5 Å². The Morgan fingerprint density at radius 1 is 1.35 bits per heavy atom. The number of H-pyrrole nitrogens is 1. The van der Waals surface area contributed by atoms with E-state index in [0.29, 0.717) is 12.8 Å². The first-order valence-electron chi connectivity index (χ1n) is 6.77. The molecule has 0 fully saturated rings. The van der Waals surface area contributed by atoms with E-state index in [9.17, 15) is 4.79 Å². The minimum atomic E-state index is -0.00274. The number of aromatic nitrogens is 3. The molecule has 2 aromatic heterocycles. The second-order valence-electron chi connectivity index (χ2n) is 4.98. The van der Waals surface area contributed by atoms with Gasteiger partial charge in [0.2, 0.25) is 5.91 Å². The van der Waals surface area contributed by atoms with Gasteiger partial charge in [-0.1, -0.05) is 0 Å². The molecule has 5 nitrogen and oxygen atoms in total. The van der Waals surface area contributed by atoms with Gasteiger partial charge in [0.15, 0.2) is 0 Å². The smallest absolute Gasteiger partial charge is 0.220 e. The average molecular weight is 272 g/mol. The zero-order valence-corrected chi connectivity index (χ0v) is 12.1. The molecule has 2 rings (SSSR count). The molecule has 5 heteroatoms. The molecule has 0 radical (unpaired) electrons. The number of pyridine rings is 1. The molecule has 2 N–H and O–H groups in total. The number of aromatic amines is 1. The summed E-state index contributed by atoms with van der Waals surface area (Å²) in [5.74, 6) is 0.0503. The van der Waals surface area contributed by atoms with Gasteiger partial charge in [0.25, 0.3) is 0 Å². The highest BCUT2D eigenvalue weighted by molar-refractivity contribution is 5.76. The third-order valence-electron chi connectivity index (χ3n) is 3.47. The Labute approximate surface area is 118 Å². The van der Waals surface area contributed by atoms with Gasteiger partial charge in [-0.15, -0.1) is 0 Å². The fourth-order valence-corrected chi connectivity index (χ4v) is 2.23. The molecule has 106 valence electrons. The highest BCUT2D eigenvalue weighted by atomic mass is 16.1. The number of aryl methyl sites for hydroxylation is 2. The lowest BCUT2D eigenvalue weighted by atomic mass is 10.1. The number of nitrogens with zero attached hydrogens (tertiary/aromatic N) is 2. The standard InChI is InChI=1S/C15H20N4O/c1-10(13-6-8-16-9-7-13)17-15(20)5-4-14-11(2)18-19-12(14)3/h6-10H,4-5H2,1-3H3,(H,17,20)(H,18,19). The molecule has 0 saturated heterocycles. The van der Waals surface area contributed by atoms with Crippen LogP contribution in [-0.2, 0) is 11.2 Å². The van der Waals surface area contributed by atoms with E-state index in [0.717, 1.165) is 22.5 Å².